The largest absolute Gasteiger partial charge is 0.382 e. The molecular weight excluding hydrogens is 268 g/mol. The lowest BCUT2D eigenvalue weighted by Gasteiger charge is -2.05. The first-order chi connectivity index (χ1) is 7.97. The molecule has 1 rings (SSSR count). The number of halogens is 3. The van der Waals surface area contributed by atoms with E-state index in [4.69, 9.17) is 39.6 Å². The average Bonchev–Trinajstić information content (AvgIpc) is 2.29. The highest BCUT2D eigenvalue weighted by molar-refractivity contribution is 6.46. The summed E-state index contributed by atoms with van der Waals surface area (Å²) >= 11 is 11.3. The third-order valence-corrected chi connectivity index (χ3v) is 2.54. The number of nitrogens with two attached hydrogens (primary N) is 1. The van der Waals surface area contributed by atoms with E-state index in [-0.39, 0.29) is 21.4 Å². The SMILES string of the molecule is N#C/C(=N\Nc1ccc(F)c(Cl)c1Cl)C(=N)N. The molecule has 0 aliphatic carbocycles. The van der Waals surface area contributed by atoms with Gasteiger partial charge < -0.3 is 5.73 Å². The molecule has 17 heavy (non-hydrogen) atoms. The van der Waals surface area contributed by atoms with Crippen LogP contribution in [0.1, 0.15) is 0 Å². The Bertz CT molecular complexity index is 535. The quantitative estimate of drug-likeness (QED) is 0.341. The van der Waals surface area contributed by atoms with Gasteiger partial charge in [-0.3, -0.25) is 10.8 Å². The van der Waals surface area contributed by atoms with Gasteiger partial charge in [-0.25, -0.2) is 4.39 Å². The third-order valence-electron chi connectivity index (χ3n) is 1.68. The van der Waals surface area contributed by atoms with Crippen molar-refractivity contribution >= 4 is 40.4 Å². The molecule has 1 aromatic carbocycles. The maximum Gasteiger partial charge on any atom is 0.201 e. The lowest BCUT2D eigenvalue weighted by molar-refractivity contribution is 0.628. The summed E-state index contributed by atoms with van der Waals surface area (Å²) in [5.74, 6) is -1.16. The number of anilines is 1. The van der Waals surface area contributed by atoms with Crippen molar-refractivity contribution in [3.63, 3.8) is 0 Å². The molecule has 0 atom stereocenters. The Hall–Kier alpha value is -1.84. The molecule has 0 spiro atoms. The van der Waals surface area contributed by atoms with Crippen molar-refractivity contribution in [1.29, 1.82) is 10.7 Å². The summed E-state index contributed by atoms with van der Waals surface area (Å²) in [7, 11) is 0. The van der Waals surface area contributed by atoms with Gasteiger partial charge in [-0.05, 0) is 12.1 Å². The van der Waals surface area contributed by atoms with Gasteiger partial charge in [-0.2, -0.15) is 10.4 Å². The zero-order valence-corrected chi connectivity index (χ0v) is 9.77. The first kappa shape index (κ1) is 13.2. The molecule has 0 bridgehead atoms. The molecule has 0 aromatic heterocycles. The van der Waals surface area contributed by atoms with Crippen LogP contribution in [-0.4, -0.2) is 11.5 Å². The monoisotopic (exact) mass is 273 g/mol. The first-order valence-electron chi connectivity index (χ1n) is 4.19. The van der Waals surface area contributed by atoms with Gasteiger partial charge in [0, 0.05) is 0 Å². The Labute approximate surface area is 106 Å². The van der Waals surface area contributed by atoms with E-state index in [2.05, 4.69) is 10.5 Å². The zero-order chi connectivity index (χ0) is 13.0. The van der Waals surface area contributed by atoms with Crippen LogP contribution in [0.25, 0.3) is 0 Å². The van der Waals surface area contributed by atoms with E-state index in [1.807, 2.05) is 0 Å². The molecular formula is C9H6Cl2FN5. The van der Waals surface area contributed by atoms with Crippen LogP contribution in [0, 0.1) is 22.6 Å². The molecule has 88 valence electrons. The number of nitrogens with one attached hydrogen (secondary N) is 2. The maximum atomic E-state index is 13.0. The minimum atomic E-state index is -0.668. The fourth-order valence-corrected chi connectivity index (χ4v) is 1.23. The lowest BCUT2D eigenvalue weighted by atomic mass is 10.3. The minimum Gasteiger partial charge on any atom is -0.382 e. The number of nitrogens with zero attached hydrogens (tertiary/aromatic N) is 2. The van der Waals surface area contributed by atoms with Gasteiger partial charge in [0.05, 0.1) is 15.7 Å². The van der Waals surface area contributed by atoms with Crippen molar-refractivity contribution in [2.45, 2.75) is 0 Å². The van der Waals surface area contributed by atoms with Crippen LogP contribution >= 0.6 is 23.2 Å². The van der Waals surface area contributed by atoms with Crippen LogP contribution in [0.3, 0.4) is 0 Å². The van der Waals surface area contributed by atoms with Gasteiger partial charge in [-0.15, -0.1) is 0 Å². The molecule has 5 nitrogen and oxygen atoms in total. The Morgan fingerprint density at radius 3 is 2.65 bits per heavy atom. The van der Waals surface area contributed by atoms with Crippen LogP contribution in [0.4, 0.5) is 10.1 Å². The predicted molar refractivity (Wildman–Crippen MR) is 65.0 cm³/mol. The second-order valence-electron chi connectivity index (χ2n) is 2.82. The molecule has 1 aromatic rings. The van der Waals surface area contributed by atoms with E-state index in [1.165, 1.54) is 6.07 Å². The normalized spacial score (nSPS) is 10.8. The molecule has 0 saturated carbocycles. The van der Waals surface area contributed by atoms with Crippen LogP contribution in [0.5, 0.6) is 0 Å². The summed E-state index contributed by atoms with van der Waals surface area (Å²) in [5.41, 5.74) is 7.33. The number of hydrogen-bond donors (Lipinski definition) is 3. The summed E-state index contributed by atoms with van der Waals surface area (Å²) in [5, 5.41) is 18.8. The molecule has 0 amide bonds. The Kier molecular flexibility index (Phi) is 4.26. The molecule has 0 heterocycles. The third kappa shape index (κ3) is 3.06. The Morgan fingerprint density at radius 1 is 1.47 bits per heavy atom. The Morgan fingerprint density at radius 2 is 2.12 bits per heavy atom. The molecule has 0 fully saturated rings. The first-order valence-corrected chi connectivity index (χ1v) is 4.94. The fraction of sp³-hybridized carbons (Fsp3) is 0. The van der Waals surface area contributed by atoms with Gasteiger partial charge >= 0.3 is 0 Å². The summed E-state index contributed by atoms with van der Waals surface area (Å²) < 4.78 is 13.0. The molecule has 0 unspecified atom stereocenters. The van der Waals surface area contributed by atoms with E-state index < -0.39 is 11.7 Å². The standard InChI is InChI=1S/C9H6Cl2FN5/c10-7-4(12)1-2-5(8(7)11)16-17-6(3-13)9(14)15/h1-2,16H,(H3,14,15)/b17-6+. The molecule has 8 heteroatoms. The van der Waals surface area contributed by atoms with Gasteiger partial charge in [0.1, 0.15) is 11.9 Å². The molecule has 0 aliphatic rings. The van der Waals surface area contributed by atoms with Crippen LogP contribution in [0.2, 0.25) is 10.0 Å². The average molecular weight is 274 g/mol. The van der Waals surface area contributed by atoms with E-state index in [0.29, 0.717) is 0 Å². The minimum absolute atomic E-state index is 0.0729. The number of amidine groups is 1. The van der Waals surface area contributed by atoms with Gasteiger partial charge in [0.15, 0.2) is 5.84 Å². The second-order valence-corrected chi connectivity index (χ2v) is 3.58. The summed E-state index contributed by atoms with van der Waals surface area (Å²) in [6.45, 7) is 0. The van der Waals surface area contributed by atoms with Crippen molar-refractivity contribution in [3.8, 4) is 6.07 Å². The zero-order valence-electron chi connectivity index (χ0n) is 8.26. The van der Waals surface area contributed by atoms with E-state index >= 15 is 0 Å². The number of nitriles is 1. The van der Waals surface area contributed by atoms with Gasteiger partial charge in [0.25, 0.3) is 0 Å². The molecule has 4 N–H and O–H groups in total. The summed E-state index contributed by atoms with van der Waals surface area (Å²) in [6.07, 6.45) is 0. The van der Waals surface area contributed by atoms with Crippen molar-refractivity contribution in [2.75, 3.05) is 5.43 Å². The highest BCUT2D eigenvalue weighted by Crippen LogP contribution is 2.31. The molecule has 0 saturated heterocycles. The van der Waals surface area contributed by atoms with E-state index in [0.717, 1.165) is 6.07 Å². The van der Waals surface area contributed by atoms with E-state index in [9.17, 15) is 4.39 Å². The maximum absolute atomic E-state index is 13.0. The van der Waals surface area contributed by atoms with Crippen molar-refractivity contribution in [3.05, 3.63) is 28.0 Å². The topological polar surface area (TPSA) is 98.0 Å². The molecule has 0 aliphatic heterocycles. The fourth-order valence-electron chi connectivity index (χ4n) is 0.874. The predicted octanol–water partition coefficient (Wildman–Crippen LogP) is 2.36. The highest BCUT2D eigenvalue weighted by atomic mass is 35.5. The van der Waals surface area contributed by atoms with Gasteiger partial charge in [0.2, 0.25) is 5.71 Å². The number of rotatable bonds is 3. The summed E-state index contributed by atoms with van der Waals surface area (Å²) in [6, 6.07) is 3.99. The number of hydrazone groups is 1. The lowest BCUT2D eigenvalue weighted by Crippen LogP contribution is -2.21. The Balaban J connectivity index is 3.02. The second kappa shape index (κ2) is 5.48. The number of benzene rings is 1. The molecule has 0 radical (unpaired) electrons. The smallest absolute Gasteiger partial charge is 0.201 e. The van der Waals surface area contributed by atoms with Crippen LogP contribution < -0.4 is 11.2 Å². The van der Waals surface area contributed by atoms with E-state index in [1.54, 1.807) is 6.07 Å². The van der Waals surface area contributed by atoms with Crippen molar-refractivity contribution < 1.29 is 4.39 Å². The summed E-state index contributed by atoms with van der Waals surface area (Å²) in [4.78, 5) is 0. The highest BCUT2D eigenvalue weighted by Gasteiger charge is 2.09. The van der Waals surface area contributed by atoms with Gasteiger partial charge in [-0.1, -0.05) is 23.2 Å². The number of hydrogen-bond acceptors (Lipinski definition) is 4. The van der Waals surface area contributed by atoms with Crippen LogP contribution in [0.15, 0.2) is 17.2 Å². The van der Waals surface area contributed by atoms with Crippen LogP contribution in [-0.2, 0) is 0 Å². The van der Waals surface area contributed by atoms with Crippen molar-refractivity contribution in [1.82, 2.24) is 0 Å². The van der Waals surface area contributed by atoms with Crippen molar-refractivity contribution in [2.24, 2.45) is 10.8 Å².